The maximum Gasteiger partial charge on any atom is 0.339 e. The minimum Gasteiger partial charge on any atom is -0.497 e. The summed E-state index contributed by atoms with van der Waals surface area (Å²) < 4.78 is 6.91. The van der Waals surface area contributed by atoms with Crippen molar-refractivity contribution in [3.63, 3.8) is 0 Å². The fourth-order valence-corrected chi connectivity index (χ4v) is 2.58. The van der Waals surface area contributed by atoms with E-state index in [-0.39, 0.29) is 5.56 Å². The van der Waals surface area contributed by atoms with Crippen LogP contribution in [0.1, 0.15) is 16.1 Å². The molecule has 0 spiro atoms. The maximum absolute atomic E-state index is 11.7. The van der Waals surface area contributed by atoms with Gasteiger partial charge in [-0.15, -0.1) is 0 Å². The first kappa shape index (κ1) is 14.8. The molecule has 0 saturated carbocycles. The van der Waals surface area contributed by atoms with Crippen LogP contribution in [0.4, 0.5) is 0 Å². The summed E-state index contributed by atoms with van der Waals surface area (Å²) in [6.45, 7) is 1.70. The molecule has 1 heterocycles. The molecule has 0 aliphatic carbocycles. The molecule has 0 unspecified atom stereocenters. The smallest absolute Gasteiger partial charge is 0.339 e. The molecule has 0 aliphatic heterocycles. The van der Waals surface area contributed by atoms with E-state index in [1.54, 1.807) is 18.7 Å². The van der Waals surface area contributed by atoms with Crippen LogP contribution in [0.5, 0.6) is 5.75 Å². The van der Waals surface area contributed by atoms with E-state index in [1.165, 1.54) is 0 Å². The van der Waals surface area contributed by atoms with E-state index in [2.05, 4.69) is 5.10 Å². The van der Waals surface area contributed by atoms with Crippen LogP contribution in [-0.4, -0.2) is 28.0 Å². The number of aromatic nitrogens is 2. The zero-order valence-corrected chi connectivity index (χ0v) is 12.9. The molecule has 5 nitrogen and oxygen atoms in total. The number of carboxylic acids is 1. The van der Waals surface area contributed by atoms with Gasteiger partial charge in [-0.1, -0.05) is 30.3 Å². The van der Waals surface area contributed by atoms with Gasteiger partial charge in [0.05, 0.1) is 24.2 Å². The second-order valence-electron chi connectivity index (χ2n) is 5.09. The molecule has 0 saturated heterocycles. The standard InChI is InChI=1S/C18H16N2O3/c1-12-16(18(21)22)17(13-7-6-10-15(11-13)23-2)20(19-12)14-8-4-3-5-9-14/h3-11H,1-2H3,(H,21,22). The molecule has 5 heteroatoms. The molecule has 1 N–H and O–H groups in total. The van der Waals surface area contributed by atoms with Gasteiger partial charge >= 0.3 is 5.97 Å². The van der Waals surface area contributed by atoms with Crippen LogP contribution in [0.15, 0.2) is 54.6 Å². The van der Waals surface area contributed by atoms with Crippen LogP contribution in [0.25, 0.3) is 16.9 Å². The summed E-state index contributed by atoms with van der Waals surface area (Å²) in [6.07, 6.45) is 0. The van der Waals surface area contributed by atoms with Crippen LogP contribution in [-0.2, 0) is 0 Å². The fourth-order valence-electron chi connectivity index (χ4n) is 2.58. The largest absolute Gasteiger partial charge is 0.497 e. The lowest BCUT2D eigenvalue weighted by molar-refractivity contribution is 0.0697. The Bertz CT molecular complexity index is 854. The third-order valence-corrected chi connectivity index (χ3v) is 3.62. The van der Waals surface area contributed by atoms with E-state index in [4.69, 9.17) is 4.74 Å². The van der Waals surface area contributed by atoms with Crippen molar-refractivity contribution in [1.82, 2.24) is 9.78 Å². The van der Waals surface area contributed by atoms with Crippen LogP contribution >= 0.6 is 0 Å². The molecule has 0 radical (unpaired) electrons. The predicted molar refractivity (Wildman–Crippen MR) is 87.2 cm³/mol. The number of para-hydroxylation sites is 1. The van der Waals surface area contributed by atoms with Crippen LogP contribution in [0.2, 0.25) is 0 Å². The molecule has 3 aromatic rings. The SMILES string of the molecule is COc1cccc(-c2c(C(=O)O)c(C)nn2-c2ccccc2)c1. The molecular weight excluding hydrogens is 292 g/mol. The Balaban J connectivity index is 2.30. The number of aromatic carboxylic acids is 1. The van der Waals surface area contributed by atoms with Gasteiger partial charge in [-0.25, -0.2) is 9.48 Å². The van der Waals surface area contributed by atoms with Gasteiger partial charge in [-0.2, -0.15) is 5.10 Å². The average Bonchev–Trinajstić information content (AvgIpc) is 2.93. The Morgan fingerprint density at radius 3 is 2.52 bits per heavy atom. The molecule has 23 heavy (non-hydrogen) atoms. The number of nitrogens with zero attached hydrogens (tertiary/aromatic N) is 2. The van der Waals surface area contributed by atoms with Gasteiger partial charge in [0, 0.05) is 5.56 Å². The highest BCUT2D eigenvalue weighted by atomic mass is 16.5. The van der Waals surface area contributed by atoms with E-state index < -0.39 is 5.97 Å². The Labute approximate surface area is 133 Å². The molecule has 116 valence electrons. The van der Waals surface area contributed by atoms with Crippen LogP contribution in [0.3, 0.4) is 0 Å². The number of rotatable bonds is 4. The lowest BCUT2D eigenvalue weighted by Crippen LogP contribution is -2.03. The average molecular weight is 308 g/mol. The van der Waals surface area contributed by atoms with Gasteiger partial charge in [-0.05, 0) is 31.2 Å². The molecule has 0 atom stereocenters. The van der Waals surface area contributed by atoms with Crippen molar-refractivity contribution in [3.05, 3.63) is 65.9 Å². The van der Waals surface area contributed by atoms with E-state index in [0.29, 0.717) is 17.1 Å². The first-order chi connectivity index (χ1) is 11.1. The van der Waals surface area contributed by atoms with E-state index >= 15 is 0 Å². The third kappa shape index (κ3) is 2.68. The first-order valence-electron chi connectivity index (χ1n) is 7.14. The number of aryl methyl sites for hydroxylation is 1. The van der Waals surface area contributed by atoms with E-state index in [9.17, 15) is 9.90 Å². The molecule has 2 aromatic carbocycles. The summed E-state index contributed by atoms with van der Waals surface area (Å²) in [6, 6.07) is 16.8. The number of carbonyl (C=O) groups is 1. The minimum absolute atomic E-state index is 0.196. The zero-order valence-electron chi connectivity index (χ0n) is 12.9. The van der Waals surface area contributed by atoms with E-state index in [1.807, 2.05) is 54.6 Å². The van der Waals surface area contributed by atoms with Crippen LogP contribution in [0, 0.1) is 6.92 Å². The summed E-state index contributed by atoms with van der Waals surface area (Å²) in [4.78, 5) is 11.7. The number of ether oxygens (including phenoxy) is 1. The van der Waals surface area contributed by atoms with Crippen molar-refractivity contribution in [2.75, 3.05) is 7.11 Å². The fraction of sp³-hybridized carbons (Fsp3) is 0.111. The van der Waals surface area contributed by atoms with Gasteiger partial charge in [0.25, 0.3) is 0 Å². The molecule has 0 bridgehead atoms. The Morgan fingerprint density at radius 1 is 1.13 bits per heavy atom. The molecule has 1 aromatic heterocycles. The van der Waals surface area contributed by atoms with Gasteiger partial charge in [0.15, 0.2) is 0 Å². The Kier molecular flexibility index (Phi) is 3.85. The van der Waals surface area contributed by atoms with Crippen molar-refractivity contribution >= 4 is 5.97 Å². The zero-order chi connectivity index (χ0) is 16.4. The lowest BCUT2D eigenvalue weighted by Gasteiger charge is -2.10. The first-order valence-corrected chi connectivity index (χ1v) is 7.14. The maximum atomic E-state index is 11.7. The number of hydrogen-bond donors (Lipinski definition) is 1. The Hall–Kier alpha value is -3.08. The predicted octanol–water partition coefficient (Wildman–Crippen LogP) is 3.55. The number of methoxy groups -OCH3 is 1. The normalized spacial score (nSPS) is 10.5. The van der Waals surface area contributed by atoms with Crippen molar-refractivity contribution in [3.8, 4) is 22.7 Å². The van der Waals surface area contributed by atoms with Gasteiger partial charge in [0.1, 0.15) is 11.3 Å². The Morgan fingerprint density at radius 2 is 1.87 bits per heavy atom. The molecule has 0 fully saturated rings. The summed E-state index contributed by atoms with van der Waals surface area (Å²) in [5.74, 6) is -0.334. The van der Waals surface area contributed by atoms with Gasteiger partial charge in [0.2, 0.25) is 0 Å². The highest BCUT2D eigenvalue weighted by molar-refractivity contribution is 5.96. The van der Waals surface area contributed by atoms with Gasteiger partial charge < -0.3 is 9.84 Å². The molecule has 3 rings (SSSR count). The highest BCUT2D eigenvalue weighted by Crippen LogP contribution is 2.31. The third-order valence-electron chi connectivity index (χ3n) is 3.62. The second-order valence-corrected chi connectivity index (χ2v) is 5.09. The number of benzene rings is 2. The van der Waals surface area contributed by atoms with Crippen molar-refractivity contribution in [2.24, 2.45) is 0 Å². The van der Waals surface area contributed by atoms with Crippen molar-refractivity contribution in [1.29, 1.82) is 0 Å². The quantitative estimate of drug-likeness (QED) is 0.800. The van der Waals surface area contributed by atoms with Crippen molar-refractivity contribution < 1.29 is 14.6 Å². The van der Waals surface area contributed by atoms with Crippen LogP contribution < -0.4 is 4.74 Å². The van der Waals surface area contributed by atoms with Crippen molar-refractivity contribution in [2.45, 2.75) is 6.92 Å². The minimum atomic E-state index is -0.998. The highest BCUT2D eigenvalue weighted by Gasteiger charge is 2.23. The number of carboxylic acid groups (broad SMARTS) is 1. The second kappa shape index (κ2) is 5.96. The summed E-state index contributed by atoms with van der Waals surface area (Å²) in [5.41, 5.74) is 2.76. The monoisotopic (exact) mass is 308 g/mol. The molecular formula is C18H16N2O3. The summed E-state index contributed by atoms with van der Waals surface area (Å²) >= 11 is 0. The lowest BCUT2D eigenvalue weighted by atomic mass is 10.1. The molecule has 0 aliphatic rings. The number of hydrogen-bond acceptors (Lipinski definition) is 3. The van der Waals surface area contributed by atoms with Gasteiger partial charge in [-0.3, -0.25) is 0 Å². The summed E-state index contributed by atoms with van der Waals surface area (Å²) in [5, 5.41) is 14.0. The summed E-state index contributed by atoms with van der Waals surface area (Å²) in [7, 11) is 1.58. The van der Waals surface area contributed by atoms with E-state index in [0.717, 1.165) is 11.3 Å². The topological polar surface area (TPSA) is 64.3 Å². The molecule has 0 amide bonds.